The molecule has 4 aromatic rings. The van der Waals surface area contributed by atoms with Gasteiger partial charge in [-0.1, -0.05) is 0 Å². The summed E-state index contributed by atoms with van der Waals surface area (Å²) in [6, 6.07) is 6.00. The van der Waals surface area contributed by atoms with Crippen molar-refractivity contribution >= 4 is 28.4 Å². The van der Waals surface area contributed by atoms with Crippen molar-refractivity contribution in [3.05, 3.63) is 42.4 Å². The van der Waals surface area contributed by atoms with Gasteiger partial charge in [-0.3, -0.25) is 4.79 Å². The number of hydrogen-bond acceptors (Lipinski definition) is 8. The maximum Gasteiger partial charge on any atom is 0.257 e. The minimum Gasteiger partial charge on any atom is -0.379 e. The first kappa shape index (κ1) is 23.8. The van der Waals surface area contributed by atoms with Crippen LogP contribution < -0.4 is 10.6 Å². The highest BCUT2D eigenvalue weighted by Gasteiger charge is 2.33. The molecule has 4 aromatic heterocycles. The number of anilines is 1. The van der Waals surface area contributed by atoms with E-state index in [9.17, 15) is 4.79 Å². The van der Waals surface area contributed by atoms with E-state index in [0.717, 1.165) is 47.4 Å². The molecule has 1 aliphatic carbocycles. The van der Waals surface area contributed by atoms with Crippen LogP contribution in [0, 0.1) is 0 Å². The summed E-state index contributed by atoms with van der Waals surface area (Å²) >= 11 is 0. The molecule has 0 radical (unpaired) electrons. The number of fused-ring (bicyclic) bond motifs is 2. The number of nitrogens with zero attached hydrogens (tertiary/aromatic N) is 5. The van der Waals surface area contributed by atoms with E-state index in [1.165, 1.54) is 0 Å². The van der Waals surface area contributed by atoms with Crippen LogP contribution in [0.2, 0.25) is 0 Å². The molecule has 1 saturated carbocycles. The third-order valence-corrected chi connectivity index (χ3v) is 7.60. The van der Waals surface area contributed by atoms with Gasteiger partial charge in [0.1, 0.15) is 23.1 Å². The van der Waals surface area contributed by atoms with Gasteiger partial charge >= 0.3 is 0 Å². The van der Waals surface area contributed by atoms with Crippen LogP contribution >= 0.6 is 0 Å². The van der Waals surface area contributed by atoms with Crippen LogP contribution in [0.3, 0.4) is 0 Å². The molecule has 0 aromatic carbocycles. The Hall–Kier alpha value is -3.54. The summed E-state index contributed by atoms with van der Waals surface area (Å²) in [6.45, 7) is 1.20. The summed E-state index contributed by atoms with van der Waals surface area (Å²) in [5, 5.41) is 11.7. The van der Waals surface area contributed by atoms with Crippen molar-refractivity contribution in [2.45, 2.75) is 43.6 Å². The molecule has 6 rings (SSSR count). The molecular formula is C26H31N7O4. The quantitative estimate of drug-likeness (QED) is 0.394. The lowest BCUT2D eigenvalue weighted by atomic mass is 9.89. The zero-order chi connectivity index (χ0) is 25.5. The van der Waals surface area contributed by atoms with E-state index in [-0.39, 0.29) is 30.2 Å². The van der Waals surface area contributed by atoms with Crippen molar-refractivity contribution in [1.29, 1.82) is 0 Å². The first-order valence-electron chi connectivity index (χ1n) is 12.6. The Balaban J connectivity index is 1.45. The number of hydrogen-bond donors (Lipinski definition) is 2. The van der Waals surface area contributed by atoms with Crippen LogP contribution in [0.25, 0.3) is 27.9 Å². The van der Waals surface area contributed by atoms with Gasteiger partial charge in [-0.15, -0.1) is 0 Å². The molecule has 0 unspecified atom stereocenters. The second-order valence-electron chi connectivity index (χ2n) is 9.53. The summed E-state index contributed by atoms with van der Waals surface area (Å²) in [5.41, 5.74) is 3.42. The number of rotatable bonds is 7. The number of nitrogens with one attached hydrogen (secondary N) is 2. The van der Waals surface area contributed by atoms with Gasteiger partial charge in [-0.25, -0.2) is 9.97 Å². The fourth-order valence-corrected chi connectivity index (χ4v) is 5.39. The van der Waals surface area contributed by atoms with Crippen molar-refractivity contribution in [1.82, 2.24) is 29.5 Å². The largest absolute Gasteiger partial charge is 0.379 e. The smallest absolute Gasteiger partial charge is 0.257 e. The Labute approximate surface area is 214 Å². The molecular weight excluding hydrogens is 474 g/mol. The van der Waals surface area contributed by atoms with Gasteiger partial charge in [0.15, 0.2) is 5.65 Å². The van der Waals surface area contributed by atoms with E-state index in [0.29, 0.717) is 24.4 Å². The SMILES string of the molecule is CNc1cc(-c2cn([C@@H]3CCOC[C@@H]3OC)c3ncccc23)nc2c(C(=O)N[C@H]3CC[C@@H]3OC)cnn12. The number of aromatic nitrogens is 5. The van der Waals surface area contributed by atoms with Gasteiger partial charge in [-0.2, -0.15) is 9.61 Å². The molecule has 4 atom stereocenters. The van der Waals surface area contributed by atoms with Crippen LogP contribution in [0.15, 0.2) is 36.8 Å². The van der Waals surface area contributed by atoms with Crippen LogP contribution in [-0.4, -0.2) is 82.8 Å². The number of amides is 1. The molecule has 11 heteroatoms. The number of carbonyl (C=O) groups excluding carboxylic acids is 1. The molecule has 194 valence electrons. The zero-order valence-corrected chi connectivity index (χ0v) is 21.2. The highest BCUT2D eigenvalue weighted by Crippen LogP contribution is 2.35. The monoisotopic (exact) mass is 505 g/mol. The van der Waals surface area contributed by atoms with Crippen LogP contribution in [0.5, 0.6) is 0 Å². The Kier molecular flexibility index (Phi) is 6.27. The summed E-state index contributed by atoms with van der Waals surface area (Å²) in [5.74, 6) is 0.519. The highest BCUT2D eigenvalue weighted by atomic mass is 16.5. The highest BCUT2D eigenvalue weighted by molar-refractivity contribution is 6.01. The number of methoxy groups -OCH3 is 2. The fraction of sp³-hybridized carbons (Fsp3) is 0.462. The molecule has 2 N–H and O–H groups in total. The molecule has 1 amide bonds. The Morgan fingerprint density at radius 2 is 2.03 bits per heavy atom. The molecule has 1 saturated heterocycles. The Bertz CT molecular complexity index is 1450. The maximum absolute atomic E-state index is 13.2. The molecule has 2 fully saturated rings. The number of ether oxygens (including phenoxy) is 3. The standard InChI is InChI=1S/C26H31N7O4/c1-27-23-11-19(30-25-16(12-29-33(23)25)26(34)31-18-6-7-21(18)35-2)17-13-32(24-15(17)5-4-9-28-24)20-8-10-37-14-22(20)36-3/h4-5,9,11-13,18,20-22,27H,6-8,10,14H2,1-3H3,(H,31,34)/t18-,20+,21-,22-/m0/s1. The normalized spacial score (nSPS) is 23.8. The Morgan fingerprint density at radius 1 is 1.16 bits per heavy atom. The van der Waals surface area contributed by atoms with Gasteiger partial charge in [0.05, 0.1) is 36.7 Å². The number of pyridine rings is 1. The first-order chi connectivity index (χ1) is 18.1. The van der Waals surface area contributed by atoms with Crippen LogP contribution in [0.4, 0.5) is 5.82 Å². The zero-order valence-electron chi connectivity index (χ0n) is 21.2. The summed E-state index contributed by atoms with van der Waals surface area (Å²) in [4.78, 5) is 22.9. The average molecular weight is 506 g/mol. The van der Waals surface area contributed by atoms with E-state index < -0.39 is 0 Å². The summed E-state index contributed by atoms with van der Waals surface area (Å²) in [6.07, 6.45) is 8.08. The average Bonchev–Trinajstić information content (AvgIpc) is 3.53. The van der Waals surface area contributed by atoms with E-state index in [1.54, 1.807) is 31.1 Å². The molecule has 0 spiro atoms. The third kappa shape index (κ3) is 4.03. The number of carbonyl (C=O) groups is 1. The second kappa shape index (κ2) is 9.73. The van der Waals surface area contributed by atoms with Gasteiger partial charge in [0, 0.05) is 57.3 Å². The minimum absolute atomic E-state index is 0.00310. The first-order valence-corrected chi connectivity index (χ1v) is 12.6. The van der Waals surface area contributed by atoms with Crippen molar-refractivity contribution in [2.24, 2.45) is 0 Å². The second-order valence-corrected chi connectivity index (χ2v) is 9.53. The third-order valence-electron chi connectivity index (χ3n) is 7.60. The lowest BCUT2D eigenvalue weighted by molar-refractivity contribution is -0.0592. The fourth-order valence-electron chi connectivity index (χ4n) is 5.39. The van der Waals surface area contributed by atoms with Gasteiger partial charge in [-0.05, 0) is 31.4 Å². The lowest BCUT2D eigenvalue weighted by Gasteiger charge is -2.35. The van der Waals surface area contributed by atoms with Crippen molar-refractivity contribution < 1.29 is 19.0 Å². The topological polar surface area (TPSA) is 117 Å². The Morgan fingerprint density at radius 3 is 2.78 bits per heavy atom. The summed E-state index contributed by atoms with van der Waals surface area (Å²) < 4.78 is 20.7. The molecule has 2 aliphatic rings. The van der Waals surface area contributed by atoms with E-state index in [1.807, 2.05) is 25.2 Å². The maximum atomic E-state index is 13.2. The van der Waals surface area contributed by atoms with E-state index in [2.05, 4.69) is 26.5 Å². The minimum atomic E-state index is -0.206. The van der Waals surface area contributed by atoms with Crippen LogP contribution in [-0.2, 0) is 14.2 Å². The van der Waals surface area contributed by atoms with E-state index >= 15 is 0 Å². The predicted molar refractivity (Wildman–Crippen MR) is 138 cm³/mol. The van der Waals surface area contributed by atoms with E-state index in [4.69, 9.17) is 24.2 Å². The van der Waals surface area contributed by atoms with Gasteiger partial charge in [0.25, 0.3) is 5.91 Å². The van der Waals surface area contributed by atoms with Crippen molar-refractivity contribution in [2.75, 3.05) is 39.8 Å². The van der Waals surface area contributed by atoms with Gasteiger partial charge in [0.2, 0.25) is 0 Å². The van der Waals surface area contributed by atoms with Gasteiger partial charge < -0.3 is 29.4 Å². The van der Waals surface area contributed by atoms with Crippen molar-refractivity contribution in [3.8, 4) is 11.3 Å². The molecule has 0 bridgehead atoms. The predicted octanol–water partition coefficient (Wildman–Crippen LogP) is 2.67. The summed E-state index contributed by atoms with van der Waals surface area (Å²) in [7, 11) is 5.21. The van der Waals surface area contributed by atoms with Crippen LogP contribution in [0.1, 0.15) is 35.7 Å². The lowest BCUT2D eigenvalue weighted by Crippen LogP contribution is -2.51. The van der Waals surface area contributed by atoms with Crippen molar-refractivity contribution in [3.63, 3.8) is 0 Å². The molecule has 37 heavy (non-hydrogen) atoms. The molecule has 5 heterocycles. The molecule has 1 aliphatic heterocycles. The molecule has 11 nitrogen and oxygen atoms in total.